The third kappa shape index (κ3) is 4.50. The largest absolute Gasteiger partial charge is 0.328 e. The zero-order valence-corrected chi connectivity index (χ0v) is 10.2. The van der Waals surface area contributed by atoms with Gasteiger partial charge >= 0.3 is 0 Å². The molecule has 0 aliphatic carbocycles. The molecular formula is C10H23AlN+. The van der Waals surface area contributed by atoms with E-state index in [1.807, 2.05) is 0 Å². The van der Waals surface area contributed by atoms with Gasteiger partial charge in [0.15, 0.2) is 0 Å². The van der Waals surface area contributed by atoms with Gasteiger partial charge in [0.1, 0.15) is 0 Å². The summed E-state index contributed by atoms with van der Waals surface area (Å²) in [5.41, 5.74) is 0. The molecule has 0 radical (unpaired) electrons. The topological polar surface area (TPSA) is 0 Å². The molecule has 0 unspecified atom stereocenters. The summed E-state index contributed by atoms with van der Waals surface area (Å²) in [6.07, 6.45) is 5.99. The molecule has 0 amide bonds. The van der Waals surface area contributed by atoms with E-state index < -0.39 is 0 Å². The van der Waals surface area contributed by atoms with Crippen molar-refractivity contribution in [2.45, 2.75) is 36.2 Å². The molecule has 70 valence electrons. The van der Waals surface area contributed by atoms with Crippen LogP contribution in [0.5, 0.6) is 0 Å². The Balaban J connectivity index is 2.27. The van der Waals surface area contributed by atoms with Gasteiger partial charge in [0.2, 0.25) is 15.2 Å². The Hall–Kier alpha value is 0.492. The van der Waals surface area contributed by atoms with Crippen LogP contribution in [0.25, 0.3) is 0 Å². The first-order chi connectivity index (χ1) is 5.71. The highest BCUT2D eigenvalue weighted by Crippen LogP contribution is 2.11. The van der Waals surface area contributed by atoms with Crippen LogP contribution in [0.3, 0.4) is 0 Å². The van der Waals surface area contributed by atoms with Crippen LogP contribution in [-0.4, -0.2) is 46.9 Å². The number of hydrogen-bond donors (Lipinski definition) is 0. The second kappa shape index (κ2) is 5.27. The number of nitrogens with zero attached hydrogens (tertiary/aromatic N) is 1. The summed E-state index contributed by atoms with van der Waals surface area (Å²) in [6.45, 7) is 2.82. The fraction of sp³-hybridized carbons (Fsp3) is 1.00. The molecule has 0 N–H and O–H groups in total. The molecule has 12 heavy (non-hydrogen) atoms. The number of rotatable bonds is 0. The lowest BCUT2D eigenvalue weighted by atomic mass is 10.2. The van der Waals surface area contributed by atoms with Crippen molar-refractivity contribution in [3.05, 3.63) is 0 Å². The van der Waals surface area contributed by atoms with E-state index in [1.165, 1.54) is 43.3 Å². The summed E-state index contributed by atoms with van der Waals surface area (Å²) < 4.78 is 1.27. The van der Waals surface area contributed by atoms with E-state index in [0.717, 1.165) is 0 Å². The van der Waals surface area contributed by atoms with Crippen LogP contribution in [0, 0.1) is 0 Å². The first-order valence-corrected chi connectivity index (χ1v) is 7.53. The van der Waals surface area contributed by atoms with Crippen molar-refractivity contribution in [1.29, 1.82) is 0 Å². The molecule has 2 heteroatoms. The van der Waals surface area contributed by atoms with Crippen LogP contribution in [0.4, 0.5) is 0 Å². The fourth-order valence-corrected chi connectivity index (χ4v) is 3.84. The predicted molar refractivity (Wildman–Crippen MR) is 57.1 cm³/mol. The second-order valence-electron chi connectivity index (χ2n) is 4.86. The van der Waals surface area contributed by atoms with Gasteiger partial charge in [-0.1, -0.05) is 23.4 Å². The molecule has 0 aromatic heterocycles. The van der Waals surface area contributed by atoms with E-state index >= 15 is 0 Å². The lowest BCUT2D eigenvalue weighted by molar-refractivity contribution is -0.890. The van der Waals surface area contributed by atoms with E-state index in [1.54, 1.807) is 10.6 Å². The van der Waals surface area contributed by atoms with Gasteiger partial charge in [0.25, 0.3) is 0 Å². The maximum atomic E-state index is 2.39. The molecule has 1 aliphatic rings. The van der Waals surface area contributed by atoms with E-state index in [0.29, 0.717) is 15.2 Å². The summed E-state index contributed by atoms with van der Waals surface area (Å²) in [7, 11) is 4.78. The van der Waals surface area contributed by atoms with Crippen LogP contribution in [0.2, 0.25) is 10.6 Å². The quantitative estimate of drug-likeness (QED) is 0.398. The standard InChI is InChI=1S/C10H22N.Al.H/c1-5-7-9-11(3,4)10-8-6-2;;/h1-2,5-10H2,3-4H3;;/q+1;;. The maximum Gasteiger partial charge on any atom is 0.236 e. The van der Waals surface area contributed by atoms with Gasteiger partial charge in [-0.3, -0.25) is 0 Å². The summed E-state index contributed by atoms with van der Waals surface area (Å²) in [4.78, 5) is 0. The molecule has 1 fully saturated rings. The minimum absolute atomic E-state index is 0.371. The Kier molecular flexibility index (Phi) is 4.64. The number of hydrogen-bond acceptors (Lipinski definition) is 0. The predicted octanol–water partition coefficient (Wildman–Crippen LogP) is 1.91. The van der Waals surface area contributed by atoms with Crippen LogP contribution >= 0.6 is 0 Å². The Morgan fingerprint density at radius 2 is 1.33 bits per heavy atom. The van der Waals surface area contributed by atoms with E-state index in [-0.39, 0.29) is 0 Å². The van der Waals surface area contributed by atoms with Crippen molar-refractivity contribution in [3.8, 4) is 0 Å². The van der Waals surface area contributed by atoms with E-state index in [4.69, 9.17) is 0 Å². The molecular weight excluding hydrogens is 161 g/mol. The van der Waals surface area contributed by atoms with Crippen molar-refractivity contribution >= 4 is 15.2 Å². The van der Waals surface area contributed by atoms with Gasteiger partial charge in [-0.25, -0.2) is 0 Å². The first kappa shape index (κ1) is 10.6. The minimum atomic E-state index is 0.371. The van der Waals surface area contributed by atoms with Crippen molar-refractivity contribution < 1.29 is 4.48 Å². The molecule has 1 rings (SSSR count). The van der Waals surface area contributed by atoms with Gasteiger partial charge < -0.3 is 4.48 Å². The van der Waals surface area contributed by atoms with Gasteiger partial charge in [0.05, 0.1) is 27.2 Å². The average Bonchev–Trinajstić information content (AvgIpc) is 2.02. The Labute approximate surface area is 83.4 Å². The highest BCUT2D eigenvalue weighted by Gasteiger charge is 2.14. The number of quaternary nitrogens is 1. The minimum Gasteiger partial charge on any atom is -0.328 e. The molecule has 0 saturated carbocycles. The third-order valence-electron chi connectivity index (χ3n) is 3.03. The first-order valence-electron chi connectivity index (χ1n) is 5.53. The zero-order valence-electron chi connectivity index (χ0n) is 8.81. The van der Waals surface area contributed by atoms with Crippen molar-refractivity contribution in [2.24, 2.45) is 0 Å². The molecule has 0 aromatic carbocycles. The summed E-state index contributed by atoms with van der Waals surface area (Å²) in [5.74, 6) is 0. The van der Waals surface area contributed by atoms with Gasteiger partial charge in [-0.2, -0.15) is 0 Å². The monoisotopic (exact) mass is 184 g/mol. The van der Waals surface area contributed by atoms with Crippen LogP contribution in [-0.2, 0) is 0 Å². The molecule has 1 nitrogen and oxygen atoms in total. The van der Waals surface area contributed by atoms with Crippen molar-refractivity contribution in [1.82, 2.24) is 0 Å². The van der Waals surface area contributed by atoms with Gasteiger partial charge in [-0.15, -0.1) is 0 Å². The summed E-state index contributed by atoms with van der Waals surface area (Å²) in [6, 6.07) is 0. The molecule has 1 heterocycles. The molecule has 1 aliphatic heterocycles. The SMILES string of the molecule is C[N+]1(C)CCC[CH2][AlH][CH2]CCC1. The normalized spacial score (nSPS) is 25.8. The maximum absolute atomic E-state index is 2.39. The Morgan fingerprint density at radius 3 is 1.83 bits per heavy atom. The third-order valence-corrected chi connectivity index (χ3v) is 5.03. The highest BCUT2D eigenvalue weighted by atomic mass is 27.1. The lowest BCUT2D eigenvalue weighted by Gasteiger charge is -2.30. The van der Waals surface area contributed by atoms with Crippen LogP contribution in [0.1, 0.15) is 25.7 Å². The lowest BCUT2D eigenvalue weighted by Crippen LogP contribution is -2.41. The molecule has 0 spiro atoms. The summed E-state index contributed by atoms with van der Waals surface area (Å²) >= 11 is 0.371. The van der Waals surface area contributed by atoms with Gasteiger partial charge in [0, 0.05) is 0 Å². The Morgan fingerprint density at radius 1 is 0.833 bits per heavy atom. The summed E-state index contributed by atoms with van der Waals surface area (Å²) in [5, 5.41) is 3.22. The van der Waals surface area contributed by atoms with E-state index in [2.05, 4.69) is 14.1 Å². The van der Waals surface area contributed by atoms with Crippen molar-refractivity contribution in [2.75, 3.05) is 27.2 Å². The van der Waals surface area contributed by atoms with Gasteiger partial charge in [-0.05, 0) is 12.8 Å². The van der Waals surface area contributed by atoms with Crippen LogP contribution in [0.15, 0.2) is 0 Å². The van der Waals surface area contributed by atoms with Crippen LogP contribution < -0.4 is 0 Å². The van der Waals surface area contributed by atoms with Crippen molar-refractivity contribution in [3.63, 3.8) is 0 Å². The molecule has 0 atom stereocenters. The molecule has 1 saturated heterocycles. The molecule has 0 bridgehead atoms. The Bertz CT molecular complexity index is 111. The molecule has 0 aromatic rings. The second-order valence-corrected chi connectivity index (χ2v) is 6.98. The van der Waals surface area contributed by atoms with E-state index in [9.17, 15) is 0 Å². The smallest absolute Gasteiger partial charge is 0.236 e. The highest BCUT2D eigenvalue weighted by molar-refractivity contribution is 6.35. The zero-order chi connectivity index (χ0) is 8.86. The average molecular weight is 184 g/mol. The fourth-order valence-electron chi connectivity index (χ4n) is 2.08.